The molecule has 58 heavy (non-hydrogen) atoms. The molecule has 0 fully saturated rings. The van der Waals surface area contributed by atoms with E-state index in [1.807, 2.05) is 6.07 Å². The monoisotopic (exact) mass is 739 g/mol. The van der Waals surface area contributed by atoms with E-state index in [0.717, 1.165) is 50.1 Å². The highest BCUT2D eigenvalue weighted by atomic mass is 16.3. The molecule has 0 aliphatic carbocycles. The molecule has 11 aromatic rings. The van der Waals surface area contributed by atoms with Crippen molar-refractivity contribution < 1.29 is 4.42 Å². The van der Waals surface area contributed by atoms with Crippen molar-refractivity contribution in [2.75, 3.05) is 4.90 Å². The van der Waals surface area contributed by atoms with Crippen LogP contribution in [0.4, 0.5) is 17.1 Å². The molecular weight excluding hydrogens is 703 g/mol. The highest BCUT2D eigenvalue weighted by Gasteiger charge is 2.25. The van der Waals surface area contributed by atoms with Crippen molar-refractivity contribution in [1.82, 2.24) is 0 Å². The zero-order chi connectivity index (χ0) is 38.4. The summed E-state index contributed by atoms with van der Waals surface area (Å²) in [5.74, 6) is 0. The number of fused-ring (bicyclic) bond motifs is 6. The lowest BCUT2D eigenvalue weighted by Gasteiger charge is -2.30. The predicted molar refractivity (Wildman–Crippen MR) is 245 cm³/mol. The third-order valence-electron chi connectivity index (χ3n) is 11.4. The molecule has 0 saturated heterocycles. The van der Waals surface area contributed by atoms with Crippen molar-refractivity contribution in [2.45, 2.75) is 0 Å². The third kappa shape index (κ3) is 5.66. The van der Waals surface area contributed by atoms with Crippen LogP contribution in [0.1, 0.15) is 0 Å². The Morgan fingerprint density at radius 2 is 0.828 bits per heavy atom. The molecule has 272 valence electrons. The fourth-order valence-corrected chi connectivity index (χ4v) is 8.87. The summed E-state index contributed by atoms with van der Waals surface area (Å²) in [6.45, 7) is 0. The largest absolute Gasteiger partial charge is 0.456 e. The van der Waals surface area contributed by atoms with E-state index in [4.69, 9.17) is 4.42 Å². The number of hydrogen-bond donors (Lipinski definition) is 0. The van der Waals surface area contributed by atoms with Gasteiger partial charge in [0.15, 0.2) is 0 Å². The molecular formula is C56H37NO. The summed E-state index contributed by atoms with van der Waals surface area (Å²) in [6.07, 6.45) is 0. The first-order valence-electron chi connectivity index (χ1n) is 19.8. The van der Waals surface area contributed by atoms with Crippen LogP contribution in [0.15, 0.2) is 229 Å². The Bertz CT molecular complexity index is 3260. The van der Waals surface area contributed by atoms with Gasteiger partial charge in [0.05, 0.1) is 16.8 Å². The molecule has 0 aliphatic rings. The minimum absolute atomic E-state index is 0.856. The maximum absolute atomic E-state index is 6.54. The van der Waals surface area contributed by atoms with Gasteiger partial charge in [-0.25, -0.2) is 0 Å². The van der Waals surface area contributed by atoms with Crippen LogP contribution in [-0.4, -0.2) is 0 Å². The third-order valence-corrected chi connectivity index (χ3v) is 11.4. The van der Waals surface area contributed by atoms with Crippen LogP contribution < -0.4 is 4.90 Å². The van der Waals surface area contributed by atoms with Gasteiger partial charge in [0, 0.05) is 16.6 Å². The summed E-state index contributed by atoms with van der Waals surface area (Å²) in [5, 5.41) is 7.04. The standard InChI is InChI=1S/C56H37NO/c1-5-18-38(19-6-1)42-32-35-50(48(36-42)39-20-7-2-8-21-39)57(51-29-17-31-53-56(51)47-28-15-16-30-52(47)58-53)43-33-34-45-44-26-13-14-27-46(44)54(40-22-9-3-10-23-40)55(49(45)37-43)41-24-11-4-12-25-41/h1-37H. The number of benzene rings is 10. The molecule has 0 bridgehead atoms. The van der Waals surface area contributed by atoms with E-state index in [0.29, 0.717) is 0 Å². The van der Waals surface area contributed by atoms with Gasteiger partial charge in [-0.3, -0.25) is 0 Å². The number of hydrogen-bond acceptors (Lipinski definition) is 2. The van der Waals surface area contributed by atoms with Gasteiger partial charge in [-0.1, -0.05) is 182 Å². The predicted octanol–water partition coefficient (Wildman–Crippen LogP) is 16.0. The number of anilines is 3. The maximum Gasteiger partial charge on any atom is 0.137 e. The molecule has 2 nitrogen and oxygen atoms in total. The second-order valence-electron chi connectivity index (χ2n) is 14.8. The van der Waals surface area contributed by atoms with Crippen molar-refractivity contribution in [3.63, 3.8) is 0 Å². The molecule has 0 saturated carbocycles. The average molecular weight is 740 g/mol. The quantitative estimate of drug-likeness (QED) is 0.151. The van der Waals surface area contributed by atoms with Gasteiger partial charge in [-0.15, -0.1) is 0 Å². The molecule has 0 atom stereocenters. The SMILES string of the molecule is c1ccc(-c2ccc(N(c3ccc4c(c3)c(-c3ccccc3)c(-c3ccccc3)c3ccccc34)c3cccc4oc5ccccc5c34)c(-c3ccccc3)c2)cc1. The molecule has 0 aliphatic heterocycles. The van der Waals surface area contributed by atoms with Gasteiger partial charge in [-0.05, 0) is 103 Å². The van der Waals surface area contributed by atoms with Crippen LogP contribution in [0.2, 0.25) is 0 Å². The summed E-state index contributed by atoms with van der Waals surface area (Å²) in [5.41, 5.74) is 14.4. The zero-order valence-corrected chi connectivity index (χ0v) is 31.7. The minimum Gasteiger partial charge on any atom is -0.456 e. The van der Waals surface area contributed by atoms with Crippen molar-refractivity contribution in [3.8, 4) is 44.5 Å². The number of nitrogens with zero attached hydrogens (tertiary/aromatic N) is 1. The first-order valence-corrected chi connectivity index (χ1v) is 19.8. The average Bonchev–Trinajstić information content (AvgIpc) is 3.69. The second-order valence-corrected chi connectivity index (χ2v) is 14.8. The van der Waals surface area contributed by atoms with E-state index >= 15 is 0 Å². The Kier molecular flexibility index (Phi) is 8.19. The van der Waals surface area contributed by atoms with E-state index in [2.05, 4.69) is 223 Å². The van der Waals surface area contributed by atoms with Gasteiger partial charge >= 0.3 is 0 Å². The van der Waals surface area contributed by atoms with Crippen LogP contribution in [0.25, 0.3) is 88.0 Å². The molecule has 0 radical (unpaired) electrons. The maximum atomic E-state index is 6.54. The first-order chi connectivity index (χ1) is 28.8. The molecule has 1 heterocycles. The van der Waals surface area contributed by atoms with Crippen molar-refractivity contribution in [1.29, 1.82) is 0 Å². The van der Waals surface area contributed by atoms with Crippen molar-refractivity contribution >= 4 is 60.5 Å². The van der Waals surface area contributed by atoms with Crippen LogP contribution >= 0.6 is 0 Å². The molecule has 0 unspecified atom stereocenters. The topological polar surface area (TPSA) is 16.4 Å². The summed E-state index contributed by atoms with van der Waals surface area (Å²) >= 11 is 0. The summed E-state index contributed by atoms with van der Waals surface area (Å²) in [7, 11) is 0. The second kappa shape index (κ2) is 14.1. The smallest absolute Gasteiger partial charge is 0.137 e. The van der Waals surface area contributed by atoms with E-state index in [1.165, 1.54) is 54.9 Å². The number of para-hydroxylation sites is 1. The fourth-order valence-electron chi connectivity index (χ4n) is 8.87. The van der Waals surface area contributed by atoms with E-state index < -0.39 is 0 Å². The summed E-state index contributed by atoms with van der Waals surface area (Å²) in [4.78, 5) is 2.45. The Morgan fingerprint density at radius 3 is 1.52 bits per heavy atom. The minimum atomic E-state index is 0.856. The summed E-state index contributed by atoms with van der Waals surface area (Å²) < 4.78 is 6.54. The highest BCUT2D eigenvalue weighted by Crippen LogP contribution is 2.50. The van der Waals surface area contributed by atoms with E-state index in [-0.39, 0.29) is 0 Å². The zero-order valence-electron chi connectivity index (χ0n) is 31.7. The molecule has 0 spiro atoms. The Morgan fingerprint density at radius 1 is 0.293 bits per heavy atom. The number of rotatable bonds is 7. The lowest BCUT2D eigenvalue weighted by atomic mass is 9.85. The Hall–Kier alpha value is -7.68. The molecule has 1 aromatic heterocycles. The molecule has 0 N–H and O–H groups in total. The van der Waals surface area contributed by atoms with Gasteiger partial charge < -0.3 is 9.32 Å². The summed E-state index contributed by atoms with van der Waals surface area (Å²) in [6, 6.07) is 80.8. The van der Waals surface area contributed by atoms with Crippen LogP contribution in [0.3, 0.4) is 0 Å². The lowest BCUT2D eigenvalue weighted by molar-refractivity contribution is 0.669. The molecule has 10 aromatic carbocycles. The molecule has 2 heteroatoms. The Labute approximate surface area is 337 Å². The van der Waals surface area contributed by atoms with Crippen LogP contribution in [-0.2, 0) is 0 Å². The molecule has 0 amide bonds. The van der Waals surface area contributed by atoms with Gasteiger partial charge in [-0.2, -0.15) is 0 Å². The fraction of sp³-hybridized carbons (Fsp3) is 0. The highest BCUT2D eigenvalue weighted by molar-refractivity contribution is 6.22. The lowest BCUT2D eigenvalue weighted by Crippen LogP contribution is -2.12. The van der Waals surface area contributed by atoms with Crippen molar-refractivity contribution in [3.05, 3.63) is 224 Å². The normalized spacial score (nSPS) is 11.4. The van der Waals surface area contributed by atoms with Crippen molar-refractivity contribution in [2.24, 2.45) is 0 Å². The molecule has 11 rings (SSSR count). The van der Waals surface area contributed by atoms with Crippen LogP contribution in [0.5, 0.6) is 0 Å². The Balaban J connectivity index is 1.27. The van der Waals surface area contributed by atoms with Gasteiger partial charge in [0.1, 0.15) is 11.2 Å². The van der Waals surface area contributed by atoms with Gasteiger partial charge in [0.25, 0.3) is 0 Å². The van der Waals surface area contributed by atoms with E-state index in [9.17, 15) is 0 Å². The number of furan rings is 1. The van der Waals surface area contributed by atoms with Crippen LogP contribution in [0, 0.1) is 0 Å². The van der Waals surface area contributed by atoms with E-state index in [1.54, 1.807) is 0 Å². The first kappa shape index (κ1) is 33.6. The van der Waals surface area contributed by atoms with Gasteiger partial charge in [0.2, 0.25) is 0 Å².